The van der Waals surface area contributed by atoms with E-state index < -0.39 is 12.0 Å². The zero-order valence-corrected chi connectivity index (χ0v) is 14.6. The van der Waals surface area contributed by atoms with Crippen molar-refractivity contribution in [2.24, 2.45) is 0 Å². The molecule has 2 aromatic rings. The van der Waals surface area contributed by atoms with Crippen LogP contribution < -0.4 is 10.1 Å². The number of carboxylic acids is 1. The van der Waals surface area contributed by atoms with Crippen LogP contribution in [-0.4, -0.2) is 22.9 Å². The normalized spacial score (nSPS) is 20.4. The monoisotopic (exact) mass is 393 g/mol. The first-order chi connectivity index (χ1) is 11.1. The van der Waals surface area contributed by atoms with Gasteiger partial charge < -0.3 is 9.84 Å². The SMILES string of the molecule is O=C(O)[C@@H]1CS[C@H](c2ccc(OCc3ccc(Br)cc3)cc2)N1. The highest BCUT2D eigenvalue weighted by molar-refractivity contribution is 9.10. The number of benzene rings is 2. The van der Waals surface area contributed by atoms with Gasteiger partial charge >= 0.3 is 5.97 Å². The lowest BCUT2D eigenvalue weighted by atomic mass is 10.2. The first-order valence-electron chi connectivity index (χ1n) is 7.19. The molecule has 1 heterocycles. The van der Waals surface area contributed by atoms with E-state index in [0.717, 1.165) is 21.3 Å². The molecule has 120 valence electrons. The summed E-state index contributed by atoms with van der Waals surface area (Å²) in [6.07, 6.45) is 0. The van der Waals surface area contributed by atoms with E-state index in [1.165, 1.54) is 0 Å². The van der Waals surface area contributed by atoms with Crippen LogP contribution in [0.3, 0.4) is 0 Å². The van der Waals surface area contributed by atoms with Gasteiger partial charge in [-0.05, 0) is 35.4 Å². The van der Waals surface area contributed by atoms with Crippen molar-refractivity contribution in [1.82, 2.24) is 5.32 Å². The van der Waals surface area contributed by atoms with Gasteiger partial charge in [0, 0.05) is 10.2 Å². The highest BCUT2D eigenvalue weighted by atomic mass is 79.9. The van der Waals surface area contributed by atoms with E-state index in [0.29, 0.717) is 12.4 Å². The molecule has 1 aliphatic heterocycles. The highest BCUT2D eigenvalue weighted by Gasteiger charge is 2.30. The van der Waals surface area contributed by atoms with E-state index in [2.05, 4.69) is 21.2 Å². The molecule has 0 spiro atoms. The second-order valence-electron chi connectivity index (χ2n) is 5.26. The lowest BCUT2D eigenvalue weighted by Crippen LogP contribution is -2.33. The molecule has 0 unspecified atom stereocenters. The molecule has 1 aliphatic rings. The third kappa shape index (κ3) is 4.28. The summed E-state index contributed by atoms with van der Waals surface area (Å²) in [5.74, 6) is 0.589. The highest BCUT2D eigenvalue weighted by Crippen LogP contribution is 2.33. The van der Waals surface area contributed by atoms with Gasteiger partial charge in [-0.3, -0.25) is 10.1 Å². The van der Waals surface area contributed by atoms with Crippen molar-refractivity contribution >= 4 is 33.7 Å². The molecule has 3 rings (SSSR count). The zero-order valence-electron chi connectivity index (χ0n) is 12.2. The number of hydrogen-bond donors (Lipinski definition) is 2. The van der Waals surface area contributed by atoms with Crippen LogP contribution in [0.25, 0.3) is 0 Å². The van der Waals surface area contributed by atoms with Crippen LogP contribution in [-0.2, 0) is 11.4 Å². The lowest BCUT2D eigenvalue weighted by Gasteiger charge is -2.12. The first-order valence-corrected chi connectivity index (χ1v) is 9.03. The Kier molecular flexibility index (Phi) is 5.25. The van der Waals surface area contributed by atoms with Gasteiger partial charge in [0.05, 0.1) is 5.37 Å². The predicted molar refractivity (Wildman–Crippen MR) is 94.7 cm³/mol. The predicted octanol–water partition coefficient (Wildman–Crippen LogP) is 3.82. The number of nitrogens with one attached hydrogen (secondary N) is 1. The maximum atomic E-state index is 11.0. The topological polar surface area (TPSA) is 58.6 Å². The van der Waals surface area contributed by atoms with E-state index >= 15 is 0 Å². The molecule has 23 heavy (non-hydrogen) atoms. The van der Waals surface area contributed by atoms with E-state index in [9.17, 15) is 4.79 Å². The molecule has 0 saturated carbocycles. The zero-order chi connectivity index (χ0) is 16.2. The Labute approximate surface area is 147 Å². The average Bonchev–Trinajstić information content (AvgIpc) is 3.05. The number of ether oxygens (including phenoxy) is 1. The summed E-state index contributed by atoms with van der Waals surface area (Å²) >= 11 is 5.02. The van der Waals surface area contributed by atoms with E-state index in [-0.39, 0.29) is 5.37 Å². The number of rotatable bonds is 5. The summed E-state index contributed by atoms with van der Waals surface area (Å²) in [6.45, 7) is 0.518. The Bertz CT molecular complexity index is 675. The van der Waals surface area contributed by atoms with Crippen LogP contribution in [0.4, 0.5) is 0 Å². The second kappa shape index (κ2) is 7.38. The van der Waals surface area contributed by atoms with Crippen molar-refractivity contribution in [3.63, 3.8) is 0 Å². The fourth-order valence-electron chi connectivity index (χ4n) is 2.29. The third-order valence-corrected chi connectivity index (χ3v) is 5.38. The Balaban J connectivity index is 1.57. The maximum Gasteiger partial charge on any atom is 0.321 e. The average molecular weight is 394 g/mol. The quantitative estimate of drug-likeness (QED) is 0.808. The number of halogens is 1. The molecule has 2 atom stereocenters. The third-order valence-electron chi connectivity index (χ3n) is 3.58. The summed E-state index contributed by atoms with van der Waals surface area (Å²) in [4.78, 5) is 11.0. The smallest absolute Gasteiger partial charge is 0.321 e. The van der Waals surface area contributed by atoms with Crippen LogP contribution in [0.5, 0.6) is 5.75 Å². The first kappa shape index (κ1) is 16.4. The molecule has 6 heteroatoms. The van der Waals surface area contributed by atoms with E-state index in [1.54, 1.807) is 11.8 Å². The summed E-state index contributed by atoms with van der Waals surface area (Å²) in [5, 5.41) is 12.2. The molecule has 0 bridgehead atoms. The second-order valence-corrected chi connectivity index (χ2v) is 7.31. The van der Waals surface area contributed by atoms with Crippen LogP contribution in [0.15, 0.2) is 53.0 Å². The Morgan fingerprint density at radius 3 is 2.52 bits per heavy atom. The maximum absolute atomic E-state index is 11.0. The summed E-state index contributed by atoms with van der Waals surface area (Å²) in [6, 6.07) is 15.3. The van der Waals surface area contributed by atoms with Gasteiger partial charge in [-0.25, -0.2) is 0 Å². The van der Waals surface area contributed by atoms with Crippen LogP contribution in [0.2, 0.25) is 0 Å². The van der Waals surface area contributed by atoms with E-state index in [4.69, 9.17) is 9.84 Å². The van der Waals surface area contributed by atoms with Crippen molar-refractivity contribution in [3.05, 3.63) is 64.1 Å². The van der Waals surface area contributed by atoms with Crippen molar-refractivity contribution in [3.8, 4) is 5.75 Å². The number of hydrogen-bond acceptors (Lipinski definition) is 4. The van der Waals surface area contributed by atoms with Crippen molar-refractivity contribution < 1.29 is 14.6 Å². The van der Waals surface area contributed by atoms with Gasteiger partial charge in [0.25, 0.3) is 0 Å². The van der Waals surface area contributed by atoms with Gasteiger partial charge in [0.15, 0.2) is 0 Å². The summed E-state index contributed by atoms with van der Waals surface area (Å²) < 4.78 is 6.82. The molecule has 0 radical (unpaired) electrons. The van der Waals surface area contributed by atoms with Gasteiger partial charge in [0.2, 0.25) is 0 Å². The van der Waals surface area contributed by atoms with Crippen molar-refractivity contribution in [1.29, 1.82) is 0 Å². The number of carboxylic acid groups (broad SMARTS) is 1. The number of carbonyl (C=O) groups is 1. The molecule has 1 saturated heterocycles. The van der Waals surface area contributed by atoms with Crippen LogP contribution in [0.1, 0.15) is 16.5 Å². The molecule has 2 N–H and O–H groups in total. The van der Waals surface area contributed by atoms with Gasteiger partial charge in [-0.1, -0.05) is 40.2 Å². The Hall–Kier alpha value is -1.50. The number of thioether (sulfide) groups is 1. The largest absolute Gasteiger partial charge is 0.489 e. The fraction of sp³-hybridized carbons (Fsp3) is 0.235. The molecular weight excluding hydrogens is 378 g/mol. The van der Waals surface area contributed by atoms with Crippen LogP contribution >= 0.6 is 27.7 Å². The molecular formula is C17H16BrNO3S. The van der Waals surface area contributed by atoms with E-state index in [1.807, 2.05) is 48.5 Å². The molecule has 0 amide bonds. The minimum atomic E-state index is -0.797. The van der Waals surface area contributed by atoms with Crippen molar-refractivity contribution in [2.45, 2.75) is 18.0 Å². The fourth-order valence-corrected chi connectivity index (χ4v) is 3.79. The Morgan fingerprint density at radius 2 is 1.91 bits per heavy atom. The van der Waals surface area contributed by atoms with Gasteiger partial charge in [-0.2, -0.15) is 0 Å². The minimum absolute atomic E-state index is 0.0247. The molecule has 4 nitrogen and oxygen atoms in total. The standard InChI is InChI=1S/C17H16BrNO3S/c18-13-5-1-11(2-6-13)9-22-14-7-3-12(4-8-14)16-19-15(10-23-16)17(20)21/h1-8,15-16,19H,9-10H2,(H,20,21)/t15-,16+/m0/s1. The number of aliphatic carboxylic acids is 1. The molecule has 0 aliphatic carbocycles. The minimum Gasteiger partial charge on any atom is -0.489 e. The molecule has 0 aromatic heterocycles. The van der Waals surface area contributed by atoms with Gasteiger partial charge in [0.1, 0.15) is 18.4 Å². The van der Waals surface area contributed by atoms with Crippen molar-refractivity contribution in [2.75, 3.05) is 5.75 Å². The van der Waals surface area contributed by atoms with Gasteiger partial charge in [-0.15, -0.1) is 11.8 Å². The lowest BCUT2D eigenvalue weighted by molar-refractivity contribution is -0.138. The molecule has 2 aromatic carbocycles. The summed E-state index contributed by atoms with van der Waals surface area (Å²) in [7, 11) is 0. The molecule has 1 fully saturated rings. The summed E-state index contributed by atoms with van der Waals surface area (Å²) in [5.41, 5.74) is 2.17. The Morgan fingerprint density at radius 1 is 1.22 bits per heavy atom. The van der Waals surface area contributed by atoms with Crippen LogP contribution in [0, 0.1) is 0 Å².